The summed E-state index contributed by atoms with van der Waals surface area (Å²) >= 11 is 0. The fourth-order valence-corrected chi connectivity index (χ4v) is 1.89. The zero-order valence-corrected chi connectivity index (χ0v) is 10.8. The lowest BCUT2D eigenvalue weighted by atomic mass is 10.2. The van der Waals surface area contributed by atoms with Crippen molar-refractivity contribution in [3.8, 4) is 0 Å². The van der Waals surface area contributed by atoms with Crippen LogP contribution in [0.15, 0.2) is 23.0 Å². The molecule has 0 radical (unpaired) electrons. The van der Waals surface area contributed by atoms with Crippen LogP contribution >= 0.6 is 0 Å². The molecule has 0 aliphatic heterocycles. The molecule has 4 nitrogen and oxygen atoms in total. The highest BCUT2D eigenvalue weighted by molar-refractivity contribution is 5.23. The number of nitrogens with one attached hydrogen (secondary N) is 1. The summed E-state index contributed by atoms with van der Waals surface area (Å²) in [5.74, 6) is 0.902. The molecule has 0 amide bonds. The van der Waals surface area contributed by atoms with Gasteiger partial charge in [-0.1, -0.05) is 5.16 Å². The summed E-state index contributed by atoms with van der Waals surface area (Å²) in [5.41, 5.74) is 3.43. The number of aromatic nitrogens is 2. The molecule has 0 saturated carbocycles. The molecule has 1 N–H and O–H groups in total. The van der Waals surface area contributed by atoms with E-state index >= 15 is 0 Å². The SMILES string of the molecule is CNC(C)c1ccn(Cc2c(C)noc2C)c1. The van der Waals surface area contributed by atoms with Gasteiger partial charge in [-0.3, -0.25) is 0 Å². The molecule has 0 bridgehead atoms. The second kappa shape index (κ2) is 4.75. The summed E-state index contributed by atoms with van der Waals surface area (Å²) in [5, 5.41) is 7.20. The largest absolute Gasteiger partial charge is 0.361 e. The van der Waals surface area contributed by atoms with Crippen molar-refractivity contribution in [1.29, 1.82) is 0 Å². The minimum Gasteiger partial charge on any atom is -0.361 e. The highest BCUT2D eigenvalue weighted by atomic mass is 16.5. The Labute approximate surface area is 102 Å². The minimum absolute atomic E-state index is 0.376. The van der Waals surface area contributed by atoms with Crippen LogP contribution in [0.5, 0.6) is 0 Å². The predicted octanol–water partition coefficient (Wildman–Crippen LogP) is 2.42. The van der Waals surface area contributed by atoms with E-state index in [1.165, 1.54) is 11.1 Å². The quantitative estimate of drug-likeness (QED) is 0.882. The highest BCUT2D eigenvalue weighted by Gasteiger charge is 2.10. The summed E-state index contributed by atoms with van der Waals surface area (Å²) < 4.78 is 7.33. The van der Waals surface area contributed by atoms with E-state index in [0.29, 0.717) is 6.04 Å². The first kappa shape index (κ1) is 11.9. The molecule has 4 heteroatoms. The second-order valence-electron chi connectivity index (χ2n) is 4.43. The summed E-state index contributed by atoms with van der Waals surface area (Å²) in [6.07, 6.45) is 4.25. The normalized spacial score (nSPS) is 12.9. The zero-order chi connectivity index (χ0) is 12.4. The van der Waals surface area contributed by atoms with Crippen LogP contribution in [0.2, 0.25) is 0 Å². The Kier molecular flexibility index (Phi) is 3.33. The van der Waals surface area contributed by atoms with Gasteiger partial charge in [0, 0.05) is 24.0 Å². The van der Waals surface area contributed by atoms with Crippen molar-refractivity contribution < 1.29 is 4.52 Å². The number of hydrogen-bond acceptors (Lipinski definition) is 3. The first-order valence-electron chi connectivity index (χ1n) is 5.86. The molecule has 2 aromatic heterocycles. The number of rotatable bonds is 4. The van der Waals surface area contributed by atoms with Gasteiger partial charge in [-0.25, -0.2) is 0 Å². The van der Waals surface area contributed by atoms with E-state index in [1.807, 2.05) is 20.9 Å². The Balaban J connectivity index is 2.17. The van der Waals surface area contributed by atoms with E-state index in [2.05, 4.69) is 40.4 Å². The van der Waals surface area contributed by atoms with Crippen molar-refractivity contribution in [2.24, 2.45) is 0 Å². The lowest BCUT2D eigenvalue weighted by Gasteiger charge is -2.07. The van der Waals surface area contributed by atoms with Gasteiger partial charge >= 0.3 is 0 Å². The molecule has 0 spiro atoms. The third-order valence-electron chi connectivity index (χ3n) is 3.23. The van der Waals surface area contributed by atoms with Gasteiger partial charge in [0.2, 0.25) is 0 Å². The van der Waals surface area contributed by atoms with Crippen LogP contribution < -0.4 is 5.32 Å². The van der Waals surface area contributed by atoms with Gasteiger partial charge < -0.3 is 14.4 Å². The number of aryl methyl sites for hydroxylation is 2. The molecule has 1 atom stereocenters. The average molecular weight is 233 g/mol. The molecule has 0 aliphatic carbocycles. The van der Waals surface area contributed by atoms with Crippen LogP contribution in [0.4, 0.5) is 0 Å². The third-order valence-corrected chi connectivity index (χ3v) is 3.23. The lowest BCUT2D eigenvalue weighted by molar-refractivity contribution is 0.392. The van der Waals surface area contributed by atoms with Gasteiger partial charge in [0.05, 0.1) is 12.2 Å². The summed E-state index contributed by atoms with van der Waals surface area (Å²) in [4.78, 5) is 0. The molecule has 0 aromatic carbocycles. The van der Waals surface area contributed by atoms with E-state index in [-0.39, 0.29) is 0 Å². The van der Waals surface area contributed by atoms with Crippen molar-refractivity contribution in [3.05, 3.63) is 41.0 Å². The Bertz CT molecular complexity index is 479. The molecule has 92 valence electrons. The summed E-state index contributed by atoms with van der Waals surface area (Å²) in [6.45, 7) is 6.90. The fourth-order valence-electron chi connectivity index (χ4n) is 1.89. The van der Waals surface area contributed by atoms with Crippen LogP contribution in [0.1, 0.15) is 35.5 Å². The van der Waals surface area contributed by atoms with Gasteiger partial charge in [-0.15, -0.1) is 0 Å². The molecule has 1 unspecified atom stereocenters. The molecular formula is C13H19N3O. The highest BCUT2D eigenvalue weighted by Crippen LogP contribution is 2.17. The Morgan fingerprint density at radius 3 is 2.82 bits per heavy atom. The van der Waals surface area contributed by atoms with Gasteiger partial charge in [-0.2, -0.15) is 0 Å². The van der Waals surface area contributed by atoms with Crippen LogP contribution in [0.3, 0.4) is 0 Å². The van der Waals surface area contributed by atoms with Crippen molar-refractivity contribution in [2.45, 2.75) is 33.4 Å². The van der Waals surface area contributed by atoms with Crippen LogP contribution in [0.25, 0.3) is 0 Å². The number of nitrogens with zero attached hydrogens (tertiary/aromatic N) is 2. The van der Waals surface area contributed by atoms with Crippen LogP contribution in [-0.4, -0.2) is 16.8 Å². The zero-order valence-electron chi connectivity index (χ0n) is 10.8. The summed E-state index contributed by atoms with van der Waals surface area (Å²) in [7, 11) is 1.97. The maximum absolute atomic E-state index is 5.17. The Morgan fingerprint density at radius 1 is 1.47 bits per heavy atom. The molecule has 2 aromatic rings. The van der Waals surface area contributed by atoms with Gasteiger partial charge in [0.15, 0.2) is 0 Å². The number of hydrogen-bond donors (Lipinski definition) is 1. The first-order valence-corrected chi connectivity index (χ1v) is 5.86. The monoisotopic (exact) mass is 233 g/mol. The van der Waals surface area contributed by atoms with Crippen LogP contribution in [-0.2, 0) is 6.54 Å². The van der Waals surface area contributed by atoms with Gasteiger partial charge in [-0.05, 0) is 39.4 Å². The van der Waals surface area contributed by atoms with Crippen LogP contribution in [0, 0.1) is 13.8 Å². The topological polar surface area (TPSA) is 43.0 Å². The molecule has 17 heavy (non-hydrogen) atoms. The Hall–Kier alpha value is -1.55. The molecule has 2 rings (SSSR count). The molecule has 0 aliphatic rings. The maximum Gasteiger partial charge on any atom is 0.138 e. The van der Waals surface area contributed by atoms with Gasteiger partial charge in [0.25, 0.3) is 0 Å². The second-order valence-corrected chi connectivity index (χ2v) is 4.43. The van der Waals surface area contributed by atoms with Crippen molar-refractivity contribution in [1.82, 2.24) is 15.0 Å². The van der Waals surface area contributed by atoms with E-state index in [0.717, 1.165) is 18.0 Å². The summed E-state index contributed by atoms with van der Waals surface area (Å²) in [6, 6.07) is 2.51. The molecular weight excluding hydrogens is 214 g/mol. The average Bonchev–Trinajstić information content (AvgIpc) is 2.90. The van der Waals surface area contributed by atoms with E-state index in [4.69, 9.17) is 4.52 Å². The van der Waals surface area contributed by atoms with E-state index < -0.39 is 0 Å². The Morgan fingerprint density at radius 2 is 2.24 bits per heavy atom. The van der Waals surface area contributed by atoms with E-state index in [1.54, 1.807) is 0 Å². The van der Waals surface area contributed by atoms with E-state index in [9.17, 15) is 0 Å². The lowest BCUT2D eigenvalue weighted by Crippen LogP contribution is -2.11. The van der Waals surface area contributed by atoms with Crippen molar-refractivity contribution in [3.63, 3.8) is 0 Å². The fraction of sp³-hybridized carbons (Fsp3) is 0.462. The van der Waals surface area contributed by atoms with Crippen molar-refractivity contribution >= 4 is 0 Å². The molecule has 0 saturated heterocycles. The minimum atomic E-state index is 0.376. The van der Waals surface area contributed by atoms with Crippen molar-refractivity contribution in [2.75, 3.05) is 7.05 Å². The smallest absolute Gasteiger partial charge is 0.138 e. The van der Waals surface area contributed by atoms with Gasteiger partial charge in [0.1, 0.15) is 5.76 Å². The maximum atomic E-state index is 5.17. The molecule has 0 fully saturated rings. The third kappa shape index (κ3) is 2.42. The standard InChI is InChI=1S/C13H19N3O/c1-9(14-4)12-5-6-16(7-12)8-13-10(2)15-17-11(13)3/h5-7,9,14H,8H2,1-4H3. The first-order chi connectivity index (χ1) is 8.11. The molecule has 2 heterocycles. The predicted molar refractivity (Wildman–Crippen MR) is 67.0 cm³/mol.